The van der Waals surface area contributed by atoms with E-state index in [1.54, 1.807) is 24.7 Å². The fraction of sp³-hybridized carbons (Fsp3) is 0.118. The first-order valence-electron chi connectivity index (χ1n) is 7.70. The van der Waals surface area contributed by atoms with Gasteiger partial charge in [0.15, 0.2) is 0 Å². The minimum atomic E-state index is -0.188. The fourth-order valence-corrected chi connectivity index (χ4v) is 2.48. The third-order valence-corrected chi connectivity index (χ3v) is 3.64. The molecule has 0 saturated heterocycles. The van der Waals surface area contributed by atoms with Crippen LogP contribution in [0.5, 0.6) is 0 Å². The third-order valence-electron chi connectivity index (χ3n) is 3.64. The lowest BCUT2D eigenvalue weighted by Crippen LogP contribution is -2.27. The summed E-state index contributed by atoms with van der Waals surface area (Å²) in [6, 6.07) is 11.5. The molecule has 0 unspecified atom stereocenters. The molecule has 4 aromatic rings. The largest absolute Gasteiger partial charge is 0.417 e. The van der Waals surface area contributed by atoms with Crippen molar-refractivity contribution < 1.29 is 9.21 Å². The molecule has 0 aliphatic rings. The summed E-state index contributed by atoms with van der Waals surface area (Å²) in [6.45, 7) is 0.288. The van der Waals surface area contributed by atoms with Gasteiger partial charge in [0.25, 0.3) is 5.89 Å². The number of fused-ring (bicyclic) bond motifs is 1. The lowest BCUT2D eigenvalue weighted by Gasteiger charge is -2.02. The quantitative estimate of drug-likeness (QED) is 0.597. The molecule has 25 heavy (non-hydrogen) atoms. The molecule has 0 fully saturated rings. The van der Waals surface area contributed by atoms with Gasteiger partial charge in [0.1, 0.15) is 12.2 Å². The van der Waals surface area contributed by atoms with Crippen LogP contribution in [-0.2, 0) is 17.9 Å². The molecule has 3 heterocycles. The molecule has 0 radical (unpaired) electrons. The number of aromatic nitrogens is 5. The average Bonchev–Trinajstić information content (AvgIpc) is 3.31. The number of nitrogens with one attached hydrogen (secondary N) is 1. The lowest BCUT2D eigenvalue weighted by atomic mass is 10.1. The van der Waals surface area contributed by atoms with E-state index < -0.39 is 0 Å². The Morgan fingerprint density at radius 3 is 2.92 bits per heavy atom. The SMILES string of the molecule is O=C(Cn1cccn1)NCc1nnc(-c2nccc3ccccc23)o1. The van der Waals surface area contributed by atoms with Gasteiger partial charge < -0.3 is 9.73 Å². The standard InChI is InChI=1S/C17H14N6O2/c24-14(11-23-9-3-7-20-23)19-10-15-21-22-17(25-15)16-13-5-2-1-4-12(13)6-8-18-16/h1-9H,10-11H2,(H,19,24). The van der Waals surface area contributed by atoms with Crippen LogP contribution in [0.25, 0.3) is 22.4 Å². The van der Waals surface area contributed by atoms with E-state index in [1.807, 2.05) is 30.3 Å². The Bertz CT molecular complexity index is 1000. The van der Waals surface area contributed by atoms with E-state index in [-0.39, 0.29) is 19.0 Å². The number of pyridine rings is 1. The van der Waals surface area contributed by atoms with Crippen molar-refractivity contribution in [3.05, 3.63) is 60.9 Å². The van der Waals surface area contributed by atoms with Gasteiger partial charge in [-0.05, 0) is 17.5 Å². The molecule has 0 saturated carbocycles. The van der Waals surface area contributed by atoms with Crippen molar-refractivity contribution in [1.82, 2.24) is 30.3 Å². The molecule has 8 nitrogen and oxygen atoms in total. The molecule has 1 amide bonds. The number of hydrogen-bond donors (Lipinski definition) is 1. The van der Waals surface area contributed by atoms with Crippen LogP contribution in [0.15, 0.2) is 59.4 Å². The molecule has 124 valence electrons. The van der Waals surface area contributed by atoms with Gasteiger partial charge in [0.2, 0.25) is 11.8 Å². The highest BCUT2D eigenvalue weighted by Crippen LogP contribution is 2.25. The van der Waals surface area contributed by atoms with Gasteiger partial charge in [0, 0.05) is 24.0 Å². The van der Waals surface area contributed by atoms with Gasteiger partial charge in [-0.2, -0.15) is 5.10 Å². The van der Waals surface area contributed by atoms with E-state index in [0.29, 0.717) is 17.5 Å². The summed E-state index contributed by atoms with van der Waals surface area (Å²) in [7, 11) is 0. The van der Waals surface area contributed by atoms with Crippen molar-refractivity contribution >= 4 is 16.7 Å². The number of hydrogen-bond acceptors (Lipinski definition) is 6. The maximum atomic E-state index is 11.9. The summed E-state index contributed by atoms with van der Waals surface area (Å²) in [6.07, 6.45) is 5.04. The topological polar surface area (TPSA) is 98.7 Å². The maximum absolute atomic E-state index is 11.9. The first-order chi connectivity index (χ1) is 12.3. The van der Waals surface area contributed by atoms with E-state index in [4.69, 9.17) is 4.42 Å². The molecule has 1 aromatic carbocycles. The summed E-state index contributed by atoms with van der Waals surface area (Å²) in [5, 5.41) is 16.7. The van der Waals surface area contributed by atoms with E-state index in [0.717, 1.165) is 10.8 Å². The summed E-state index contributed by atoms with van der Waals surface area (Å²) in [5.41, 5.74) is 0.625. The van der Waals surface area contributed by atoms with Gasteiger partial charge in [-0.1, -0.05) is 24.3 Å². The third kappa shape index (κ3) is 3.23. The van der Waals surface area contributed by atoms with Gasteiger partial charge >= 0.3 is 0 Å². The summed E-state index contributed by atoms with van der Waals surface area (Å²) in [5.74, 6) is 0.457. The van der Waals surface area contributed by atoms with Crippen molar-refractivity contribution in [2.24, 2.45) is 0 Å². The second kappa shape index (κ2) is 6.52. The Balaban J connectivity index is 1.47. The zero-order valence-electron chi connectivity index (χ0n) is 13.2. The van der Waals surface area contributed by atoms with Gasteiger partial charge in [-0.15, -0.1) is 10.2 Å². The normalized spacial score (nSPS) is 10.9. The zero-order valence-corrected chi connectivity index (χ0v) is 13.2. The van der Waals surface area contributed by atoms with Crippen LogP contribution >= 0.6 is 0 Å². The lowest BCUT2D eigenvalue weighted by molar-refractivity contribution is -0.122. The molecule has 4 rings (SSSR count). The highest BCUT2D eigenvalue weighted by Gasteiger charge is 2.13. The molecule has 1 N–H and O–H groups in total. The Kier molecular flexibility index (Phi) is 3.91. The summed E-state index contributed by atoms with van der Waals surface area (Å²) in [4.78, 5) is 16.2. The molecule has 0 bridgehead atoms. The molecule has 3 aromatic heterocycles. The van der Waals surface area contributed by atoms with E-state index in [2.05, 4.69) is 25.6 Å². The molecule has 0 spiro atoms. The van der Waals surface area contributed by atoms with E-state index in [9.17, 15) is 4.79 Å². The van der Waals surface area contributed by atoms with Crippen LogP contribution in [0.2, 0.25) is 0 Å². The highest BCUT2D eigenvalue weighted by molar-refractivity contribution is 5.92. The number of benzene rings is 1. The first-order valence-corrected chi connectivity index (χ1v) is 7.70. The summed E-state index contributed by atoms with van der Waals surface area (Å²) < 4.78 is 7.18. The number of carbonyl (C=O) groups is 1. The molecule has 0 aliphatic heterocycles. The Morgan fingerprint density at radius 2 is 2.04 bits per heavy atom. The molecule has 8 heteroatoms. The van der Waals surface area contributed by atoms with Crippen LogP contribution in [0.4, 0.5) is 0 Å². The molecular formula is C17H14N6O2. The van der Waals surface area contributed by atoms with Crippen LogP contribution in [0.1, 0.15) is 5.89 Å². The zero-order chi connectivity index (χ0) is 17.1. The maximum Gasteiger partial charge on any atom is 0.266 e. The van der Waals surface area contributed by atoms with Gasteiger partial charge in [-0.3, -0.25) is 14.5 Å². The predicted octanol–water partition coefficient (Wildman–Crippen LogP) is 1.80. The Morgan fingerprint density at radius 1 is 1.12 bits per heavy atom. The van der Waals surface area contributed by atoms with Crippen LogP contribution < -0.4 is 5.32 Å². The van der Waals surface area contributed by atoms with Crippen LogP contribution in [0.3, 0.4) is 0 Å². The van der Waals surface area contributed by atoms with Crippen molar-refractivity contribution in [2.45, 2.75) is 13.1 Å². The number of rotatable bonds is 5. The monoisotopic (exact) mass is 334 g/mol. The number of nitrogens with zero attached hydrogens (tertiary/aromatic N) is 5. The summed E-state index contributed by atoms with van der Waals surface area (Å²) >= 11 is 0. The van der Waals surface area contributed by atoms with Crippen LogP contribution in [-0.4, -0.2) is 30.9 Å². The average molecular weight is 334 g/mol. The first kappa shape index (κ1) is 15.0. The minimum Gasteiger partial charge on any atom is -0.417 e. The highest BCUT2D eigenvalue weighted by atomic mass is 16.4. The predicted molar refractivity (Wildman–Crippen MR) is 89.1 cm³/mol. The molecule has 0 atom stereocenters. The molecule has 0 aliphatic carbocycles. The Labute approximate surface area is 142 Å². The second-order valence-corrected chi connectivity index (χ2v) is 5.36. The van der Waals surface area contributed by atoms with Crippen molar-refractivity contribution in [3.8, 4) is 11.6 Å². The van der Waals surface area contributed by atoms with Gasteiger partial charge in [-0.25, -0.2) is 0 Å². The van der Waals surface area contributed by atoms with Crippen molar-refractivity contribution in [3.63, 3.8) is 0 Å². The van der Waals surface area contributed by atoms with E-state index in [1.165, 1.54) is 4.68 Å². The van der Waals surface area contributed by atoms with Crippen LogP contribution in [0, 0.1) is 0 Å². The molecular weight excluding hydrogens is 320 g/mol. The minimum absolute atomic E-state index is 0.138. The Hall–Kier alpha value is -3.55. The van der Waals surface area contributed by atoms with Gasteiger partial charge in [0.05, 0.1) is 6.54 Å². The number of amides is 1. The second-order valence-electron chi connectivity index (χ2n) is 5.36. The fourth-order valence-electron chi connectivity index (χ4n) is 2.48. The van der Waals surface area contributed by atoms with Crippen molar-refractivity contribution in [1.29, 1.82) is 0 Å². The van der Waals surface area contributed by atoms with Crippen molar-refractivity contribution in [2.75, 3.05) is 0 Å². The number of carbonyl (C=O) groups excluding carboxylic acids is 1. The smallest absolute Gasteiger partial charge is 0.266 e. The van der Waals surface area contributed by atoms with E-state index >= 15 is 0 Å².